The second-order valence-electron chi connectivity index (χ2n) is 4.80. The molecule has 1 aromatic rings. The highest BCUT2D eigenvalue weighted by Gasteiger charge is 2.11. The Morgan fingerprint density at radius 1 is 1.37 bits per heavy atom. The first-order chi connectivity index (χ1) is 9.06. The van der Waals surface area contributed by atoms with Gasteiger partial charge in [0.1, 0.15) is 0 Å². The lowest BCUT2D eigenvalue weighted by molar-refractivity contribution is -0.121. The van der Waals surface area contributed by atoms with Crippen LogP contribution in [0.15, 0.2) is 18.2 Å². The van der Waals surface area contributed by atoms with E-state index in [1.54, 1.807) is 7.11 Å². The third-order valence-corrected chi connectivity index (χ3v) is 3.94. The van der Waals surface area contributed by atoms with E-state index in [-0.39, 0.29) is 11.9 Å². The summed E-state index contributed by atoms with van der Waals surface area (Å²) in [7, 11) is 1.67. The molecule has 0 heterocycles. The minimum atomic E-state index is 0.0591. The van der Waals surface area contributed by atoms with Crippen molar-refractivity contribution < 1.29 is 9.53 Å². The molecule has 0 saturated carbocycles. The van der Waals surface area contributed by atoms with Gasteiger partial charge in [0, 0.05) is 25.1 Å². The van der Waals surface area contributed by atoms with Crippen LogP contribution in [-0.2, 0) is 16.0 Å². The number of alkyl halides is 1. The van der Waals surface area contributed by atoms with E-state index in [2.05, 4.69) is 47.2 Å². The van der Waals surface area contributed by atoms with E-state index in [9.17, 15) is 4.79 Å². The van der Waals surface area contributed by atoms with Crippen LogP contribution in [-0.4, -0.2) is 31.0 Å². The first-order valence-electron chi connectivity index (χ1n) is 6.47. The molecule has 19 heavy (non-hydrogen) atoms. The molecule has 1 aromatic carbocycles. The highest BCUT2D eigenvalue weighted by Crippen LogP contribution is 2.10. The molecule has 1 rings (SSSR count). The quantitative estimate of drug-likeness (QED) is 0.782. The van der Waals surface area contributed by atoms with Crippen molar-refractivity contribution in [1.82, 2.24) is 5.32 Å². The molecule has 4 heteroatoms. The molecule has 0 aliphatic heterocycles. The topological polar surface area (TPSA) is 38.3 Å². The third-order valence-electron chi connectivity index (χ3n) is 3.16. The van der Waals surface area contributed by atoms with Crippen LogP contribution in [0.5, 0.6) is 0 Å². The zero-order valence-corrected chi connectivity index (χ0v) is 13.4. The Bertz CT molecular complexity index is 421. The number of ether oxygens (including phenoxy) is 1. The molecule has 0 aliphatic rings. The van der Waals surface area contributed by atoms with E-state index in [1.807, 2.05) is 6.07 Å². The molecular weight excluding hydrogens is 306 g/mol. The largest absolute Gasteiger partial charge is 0.385 e. The van der Waals surface area contributed by atoms with Crippen LogP contribution in [0, 0.1) is 13.8 Å². The highest BCUT2D eigenvalue weighted by molar-refractivity contribution is 9.09. The van der Waals surface area contributed by atoms with Crippen LogP contribution in [0.3, 0.4) is 0 Å². The maximum Gasteiger partial charge on any atom is 0.224 e. The number of carbonyl (C=O) groups is 1. The van der Waals surface area contributed by atoms with Gasteiger partial charge in [0.15, 0.2) is 0 Å². The van der Waals surface area contributed by atoms with Crippen molar-refractivity contribution >= 4 is 21.8 Å². The highest BCUT2D eigenvalue weighted by atomic mass is 79.9. The second-order valence-corrected chi connectivity index (χ2v) is 5.44. The Morgan fingerprint density at radius 2 is 2.11 bits per heavy atom. The molecular formula is C15H22BrNO2. The summed E-state index contributed by atoms with van der Waals surface area (Å²) in [4.78, 5) is 12.0. The van der Waals surface area contributed by atoms with Gasteiger partial charge in [0.05, 0.1) is 6.42 Å². The van der Waals surface area contributed by atoms with Gasteiger partial charge in [0.2, 0.25) is 5.91 Å². The molecule has 1 N–H and O–H groups in total. The molecule has 106 valence electrons. The number of carbonyl (C=O) groups excluding carboxylic acids is 1. The summed E-state index contributed by atoms with van der Waals surface area (Å²) in [6, 6.07) is 6.28. The molecule has 0 aliphatic carbocycles. The molecule has 0 fully saturated rings. The number of nitrogens with one attached hydrogen (secondary N) is 1. The lowest BCUT2D eigenvalue weighted by Gasteiger charge is -2.16. The number of hydrogen-bond donors (Lipinski definition) is 1. The van der Waals surface area contributed by atoms with Crippen molar-refractivity contribution in [2.24, 2.45) is 0 Å². The lowest BCUT2D eigenvalue weighted by Crippen LogP contribution is -2.37. The van der Waals surface area contributed by atoms with E-state index in [0.717, 1.165) is 17.3 Å². The zero-order valence-electron chi connectivity index (χ0n) is 11.8. The van der Waals surface area contributed by atoms with Crippen LogP contribution in [0.1, 0.15) is 23.1 Å². The van der Waals surface area contributed by atoms with E-state index in [0.29, 0.717) is 13.0 Å². The summed E-state index contributed by atoms with van der Waals surface area (Å²) in [6.07, 6.45) is 1.25. The van der Waals surface area contributed by atoms with Crippen molar-refractivity contribution in [3.8, 4) is 0 Å². The van der Waals surface area contributed by atoms with Gasteiger partial charge in [-0.05, 0) is 37.0 Å². The Morgan fingerprint density at radius 3 is 2.68 bits per heavy atom. The molecule has 0 bridgehead atoms. The Balaban J connectivity index is 2.51. The standard InChI is InChI=1S/C15H22BrNO2/c1-11-4-5-13(8-12(11)2)9-15(18)17-14(10-16)6-7-19-3/h4-5,8,14H,6-7,9-10H2,1-3H3,(H,17,18). The molecule has 0 saturated heterocycles. The third kappa shape index (κ3) is 5.74. The molecule has 0 aromatic heterocycles. The van der Waals surface area contributed by atoms with E-state index in [1.165, 1.54) is 11.1 Å². The van der Waals surface area contributed by atoms with Gasteiger partial charge in [0.25, 0.3) is 0 Å². The molecule has 3 nitrogen and oxygen atoms in total. The van der Waals surface area contributed by atoms with Crippen molar-refractivity contribution in [3.05, 3.63) is 34.9 Å². The van der Waals surface area contributed by atoms with Gasteiger partial charge in [-0.1, -0.05) is 34.1 Å². The fraction of sp³-hybridized carbons (Fsp3) is 0.533. The predicted molar refractivity (Wildman–Crippen MR) is 81.8 cm³/mol. The average Bonchev–Trinajstić information content (AvgIpc) is 2.38. The van der Waals surface area contributed by atoms with Crippen LogP contribution in [0.4, 0.5) is 0 Å². The summed E-state index contributed by atoms with van der Waals surface area (Å²) < 4.78 is 5.03. The Labute approximate surface area is 123 Å². The average molecular weight is 328 g/mol. The van der Waals surface area contributed by atoms with Crippen LogP contribution >= 0.6 is 15.9 Å². The fourth-order valence-electron chi connectivity index (χ4n) is 1.83. The van der Waals surface area contributed by atoms with Crippen LogP contribution in [0.25, 0.3) is 0 Å². The van der Waals surface area contributed by atoms with Gasteiger partial charge in [-0.15, -0.1) is 0 Å². The van der Waals surface area contributed by atoms with Gasteiger partial charge < -0.3 is 10.1 Å². The molecule has 1 unspecified atom stereocenters. The van der Waals surface area contributed by atoms with Crippen LogP contribution < -0.4 is 5.32 Å². The van der Waals surface area contributed by atoms with Gasteiger partial charge in [-0.2, -0.15) is 0 Å². The predicted octanol–water partition coefficient (Wildman–Crippen LogP) is 2.76. The summed E-state index contributed by atoms with van der Waals surface area (Å²) in [5, 5.41) is 3.76. The van der Waals surface area contributed by atoms with Gasteiger partial charge in [-0.25, -0.2) is 0 Å². The van der Waals surface area contributed by atoms with E-state index >= 15 is 0 Å². The summed E-state index contributed by atoms with van der Waals surface area (Å²) in [5.41, 5.74) is 3.53. The number of methoxy groups -OCH3 is 1. The Hall–Kier alpha value is -0.870. The molecule has 0 spiro atoms. The molecule has 1 atom stereocenters. The summed E-state index contributed by atoms with van der Waals surface area (Å²) in [6.45, 7) is 4.79. The van der Waals surface area contributed by atoms with Crippen molar-refractivity contribution in [2.45, 2.75) is 32.7 Å². The maximum atomic E-state index is 12.0. The molecule has 0 radical (unpaired) electrons. The summed E-state index contributed by atoms with van der Waals surface area (Å²) in [5.74, 6) is 0.0591. The normalized spacial score (nSPS) is 12.2. The zero-order chi connectivity index (χ0) is 14.3. The number of halogens is 1. The van der Waals surface area contributed by atoms with Crippen molar-refractivity contribution in [1.29, 1.82) is 0 Å². The van der Waals surface area contributed by atoms with Crippen molar-refractivity contribution in [2.75, 3.05) is 19.0 Å². The summed E-state index contributed by atoms with van der Waals surface area (Å²) >= 11 is 3.41. The molecule has 1 amide bonds. The maximum absolute atomic E-state index is 12.0. The Kier molecular flexibility index (Phi) is 7.10. The minimum Gasteiger partial charge on any atom is -0.385 e. The van der Waals surface area contributed by atoms with Gasteiger partial charge >= 0.3 is 0 Å². The smallest absolute Gasteiger partial charge is 0.224 e. The minimum absolute atomic E-state index is 0.0591. The number of hydrogen-bond acceptors (Lipinski definition) is 2. The first kappa shape index (κ1) is 16.2. The van der Waals surface area contributed by atoms with Crippen LogP contribution in [0.2, 0.25) is 0 Å². The van der Waals surface area contributed by atoms with Crippen molar-refractivity contribution in [3.63, 3.8) is 0 Å². The SMILES string of the molecule is COCCC(CBr)NC(=O)Cc1ccc(C)c(C)c1. The number of aryl methyl sites for hydroxylation is 2. The monoisotopic (exact) mass is 327 g/mol. The van der Waals surface area contributed by atoms with E-state index in [4.69, 9.17) is 4.74 Å². The lowest BCUT2D eigenvalue weighted by atomic mass is 10.0. The fourth-order valence-corrected chi connectivity index (χ4v) is 2.31. The number of benzene rings is 1. The second kappa shape index (κ2) is 8.33. The van der Waals surface area contributed by atoms with Gasteiger partial charge in [-0.3, -0.25) is 4.79 Å². The van der Waals surface area contributed by atoms with E-state index < -0.39 is 0 Å². The number of rotatable bonds is 7. The number of amides is 1. The first-order valence-corrected chi connectivity index (χ1v) is 7.59.